The van der Waals surface area contributed by atoms with Crippen molar-refractivity contribution in [1.29, 1.82) is 0 Å². The topological polar surface area (TPSA) is 105 Å². The van der Waals surface area contributed by atoms with E-state index in [1.165, 1.54) is 42.7 Å². The summed E-state index contributed by atoms with van der Waals surface area (Å²) in [6.45, 7) is -0.409. The molecule has 2 fully saturated rings. The van der Waals surface area contributed by atoms with Crippen LogP contribution in [0, 0.1) is 5.82 Å². The first-order valence-corrected chi connectivity index (χ1v) is 12.3. The van der Waals surface area contributed by atoms with Crippen molar-refractivity contribution in [2.45, 2.75) is 44.3 Å². The summed E-state index contributed by atoms with van der Waals surface area (Å²) in [6.07, 6.45) is 0.717. The summed E-state index contributed by atoms with van der Waals surface area (Å²) in [4.78, 5) is 50.5. The van der Waals surface area contributed by atoms with Gasteiger partial charge in [-0.05, 0) is 30.3 Å². The van der Waals surface area contributed by atoms with Crippen LogP contribution in [-0.4, -0.2) is 52.5 Å². The molecule has 2 atom stereocenters. The zero-order valence-electron chi connectivity index (χ0n) is 20.1. The highest BCUT2D eigenvalue weighted by atomic mass is 35.5. The highest BCUT2D eigenvalue weighted by Crippen LogP contribution is 2.39. The SMILES string of the molecule is C.O=C(NC1CC(F)(F)C1)[C@H](c1ccccc1Cl)N(C(=O)[C@@H]1COC(=O)N1c1ncccn1)c1cccc(F)c1. The molecule has 1 N–H and O–H groups in total. The molecular formula is C27H25ClF3N5O4. The van der Waals surface area contributed by atoms with E-state index in [4.69, 9.17) is 16.3 Å². The lowest BCUT2D eigenvalue weighted by atomic mass is 9.87. The Kier molecular flexibility index (Phi) is 8.29. The molecule has 0 spiro atoms. The van der Waals surface area contributed by atoms with Crippen LogP contribution in [0.3, 0.4) is 0 Å². The molecule has 1 aliphatic carbocycles. The van der Waals surface area contributed by atoms with Gasteiger partial charge in [-0.2, -0.15) is 0 Å². The predicted octanol–water partition coefficient (Wildman–Crippen LogP) is 4.92. The maximum atomic E-state index is 14.4. The van der Waals surface area contributed by atoms with E-state index in [-0.39, 0.29) is 29.6 Å². The second-order valence-corrected chi connectivity index (χ2v) is 9.50. The number of halogens is 4. The van der Waals surface area contributed by atoms with Crippen LogP contribution in [0.1, 0.15) is 31.9 Å². The number of benzene rings is 2. The van der Waals surface area contributed by atoms with Crippen molar-refractivity contribution < 1.29 is 32.3 Å². The first-order valence-electron chi connectivity index (χ1n) is 11.9. The smallest absolute Gasteiger partial charge is 0.417 e. The van der Waals surface area contributed by atoms with Crippen LogP contribution in [0.2, 0.25) is 5.02 Å². The minimum atomic E-state index is -2.91. The maximum absolute atomic E-state index is 14.4. The molecule has 1 saturated heterocycles. The summed E-state index contributed by atoms with van der Waals surface area (Å²) < 4.78 is 46.6. The van der Waals surface area contributed by atoms with E-state index >= 15 is 0 Å². The second kappa shape index (κ2) is 11.5. The van der Waals surface area contributed by atoms with Crippen molar-refractivity contribution in [3.8, 4) is 0 Å². The summed E-state index contributed by atoms with van der Waals surface area (Å²) in [6, 6.07) is 8.93. The number of alkyl halides is 2. The third-order valence-electron chi connectivity index (χ3n) is 6.39. The number of hydrogen-bond acceptors (Lipinski definition) is 6. The molecule has 210 valence electrons. The van der Waals surface area contributed by atoms with Gasteiger partial charge in [0.05, 0.1) is 0 Å². The van der Waals surface area contributed by atoms with Crippen LogP contribution in [-0.2, 0) is 14.3 Å². The van der Waals surface area contributed by atoms with E-state index in [1.807, 2.05) is 0 Å². The zero-order chi connectivity index (χ0) is 27.7. The van der Waals surface area contributed by atoms with Crippen LogP contribution >= 0.6 is 11.6 Å². The van der Waals surface area contributed by atoms with Gasteiger partial charge in [0.1, 0.15) is 18.5 Å². The van der Waals surface area contributed by atoms with E-state index in [9.17, 15) is 27.6 Å². The average molecular weight is 576 g/mol. The summed E-state index contributed by atoms with van der Waals surface area (Å²) in [5, 5.41) is 2.66. The molecule has 0 bridgehead atoms. The molecular weight excluding hydrogens is 551 g/mol. The maximum Gasteiger partial charge on any atom is 0.417 e. The first-order chi connectivity index (χ1) is 18.6. The number of rotatable bonds is 7. The van der Waals surface area contributed by atoms with E-state index in [0.29, 0.717) is 0 Å². The predicted molar refractivity (Wildman–Crippen MR) is 141 cm³/mol. The molecule has 0 radical (unpaired) electrons. The standard InChI is InChI=1S/C26H21ClF3N5O4.CH4/c27-19-8-2-1-7-18(19)21(22(36)33-16-12-26(29,30)13-16)34(17-6-3-5-15(28)11-17)23(37)20-14-39-25(38)35(20)24-31-9-4-10-32-24;/h1-11,16,20-21H,12-14H2,(H,33,36);1H4/t20-,21-;/m0./s1. The van der Waals surface area contributed by atoms with Gasteiger partial charge in [0, 0.05) is 47.6 Å². The van der Waals surface area contributed by atoms with E-state index in [2.05, 4.69) is 15.3 Å². The number of carbonyl (C=O) groups is 3. The van der Waals surface area contributed by atoms with Crippen molar-refractivity contribution in [1.82, 2.24) is 15.3 Å². The van der Waals surface area contributed by atoms with Crippen molar-refractivity contribution in [3.63, 3.8) is 0 Å². The van der Waals surface area contributed by atoms with E-state index in [1.54, 1.807) is 12.1 Å². The molecule has 0 unspecified atom stereocenters. The molecule has 2 aliphatic rings. The van der Waals surface area contributed by atoms with E-state index in [0.717, 1.165) is 21.9 Å². The zero-order valence-corrected chi connectivity index (χ0v) is 20.9. The lowest BCUT2D eigenvalue weighted by molar-refractivity contribution is -0.133. The second-order valence-electron chi connectivity index (χ2n) is 9.09. The highest BCUT2D eigenvalue weighted by molar-refractivity contribution is 6.31. The van der Waals surface area contributed by atoms with Gasteiger partial charge in [0.2, 0.25) is 11.9 Å². The third kappa shape index (κ3) is 5.71. The Labute approximate surface area is 232 Å². The molecule has 13 heteroatoms. The molecule has 9 nitrogen and oxygen atoms in total. The van der Waals surface area contributed by atoms with Gasteiger partial charge in [-0.15, -0.1) is 0 Å². The van der Waals surface area contributed by atoms with Gasteiger partial charge < -0.3 is 10.1 Å². The van der Waals surface area contributed by atoms with Gasteiger partial charge in [-0.25, -0.2) is 32.8 Å². The molecule has 2 aromatic carbocycles. The highest BCUT2D eigenvalue weighted by Gasteiger charge is 2.49. The molecule has 1 aliphatic heterocycles. The Morgan fingerprint density at radius 2 is 1.80 bits per heavy atom. The average Bonchev–Trinajstić information content (AvgIpc) is 3.28. The van der Waals surface area contributed by atoms with Crippen molar-refractivity contribution in [2.24, 2.45) is 0 Å². The van der Waals surface area contributed by atoms with Gasteiger partial charge in [0.15, 0.2) is 6.04 Å². The van der Waals surface area contributed by atoms with Crippen molar-refractivity contribution >= 4 is 41.1 Å². The van der Waals surface area contributed by atoms with E-state index < -0.39 is 67.2 Å². The Hall–Kier alpha value is -4.19. The normalized spacial score (nSPS) is 18.6. The molecule has 3 aromatic rings. The summed E-state index contributed by atoms with van der Waals surface area (Å²) in [7, 11) is 0. The minimum Gasteiger partial charge on any atom is -0.446 e. The quantitative estimate of drug-likeness (QED) is 0.429. The van der Waals surface area contributed by atoms with Crippen molar-refractivity contribution in [3.05, 3.63) is 83.4 Å². The van der Waals surface area contributed by atoms with Crippen molar-refractivity contribution in [2.75, 3.05) is 16.4 Å². The number of cyclic esters (lactones) is 1. The molecule has 1 saturated carbocycles. The number of carbonyl (C=O) groups excluding carboxylic acids is 3. The van der Waals surface area contributed by atoms with Crippen LogP contribution in [0.25, 0.3) is 0 Å². The monoisotopic (exact) mass is 575 g/mol. The van der Waals surface area contributed by atoms with Crippen LogP contribution in [0.5, 0.6) is 0 Å². The molecule has 3 amide bonds. The molecule has 5 rings (SSSR count). The number of anilines is 2. The Balaban J connectivity index is 0.00000370. The number of aromatic nitrogens is 2. The van der Waals surface area contributed by atoms with Gasteiger partial charge in [0.25, 0.3) is 11.8 Å². The fraction of sp³-hybridized carbons (Fsp3) is 0.296. The Morgan fingerprint density at radius 1 is 1.10 bits per heavy atom. The number of hydrogen-bond donors (Lipinski definition) is 1. The summed E-state index contributed by atoms with van der Waals surface area (Å²) in [5.74, 6) is -5.38. The number of amides is 3. The Morgan fingerprint density at radius 3 is 2.45 bits per heavy atom. The fourth-order valence-electron chi connectivity index (χ4n) is 4.57. The Bertz CT molecular complexity index is 1410. The number of nitrogens with one attached hydrogen (secondary N) is 1. The summed E-state index contributed by atoms with van der Waals surface area (Å²) in [5.41, 5.74) is 0.125. The first kappa shape index (κ1) is 28.8. The summed E-state index contributed by atoms with van der Waals surface area (Å²) >= 11 is 6.45. The lowest BCUT2D eigenvalue weighted by Crippen LogP contribution is -2.56. The van der Waals surface area contributed by atoms with Crippen LogP contribution < -0.4 is 15.1 Å². The minimum absolute atomic E-state index is 0. The largest absolute Gasteiger partial charge is 0.446 e. The number of nitrogens with zero attached hydrogens (tertiary/aromatic N) is 4. The number of ether oxygens (including phenoxy) is 1. The lowest BCUT2D eigenvalue weighted by Gasteiger charge is -2.39. The fourth-order valence-corrected chi connectivity index (χ4v) is 4.81. The molecule has 40 heavy (non-hydrogen) atoms. The van der Waals surface area contributed by atoms with Crippen LogP contribution in [0.15, 0.2) is 67.0 Å². The molecule has 2 heterocycles. The van der Waals surface area contributed by atoms with Crippen LogP contribution in [0.4, 0.5) is 29.6 Å². The van der Waals surface area contributed by atoms with Gasteiger partial charge in [-0.1, -0.05) is 43.3 Å². The van der Waals surface area contributed by atoms with Gasteiger partial charge >= 0.3 is 6.09 Å². The third-order valence-corrected chi connectivity index (χ3v) is 6.74. The molecule has 1 aromatic heterocycles. The van der Waals surface area contributed by atoms with Gasteiger partial charge in [-0.3, -0.25) is 14.5 Å².